The van der Waals surface area contributed by atoms with Gasteiger partial charge in [0.1, 0.15) is 11.2 Å². The molecule has 112 heavy (non-hydrogen) atoms. The third kappa shape index (κ3) is 8.87. The minimum atomic E-state index is -0.122. The number of hydrogen-bond donors (Lipinski definition) is 0. The van der Waals surface area contributed by atoms with Gasteiger partial charge < -0.3 is 31.7 Å². The summed E-state index contributed by atoms with van der Waals surface area (Å²) in [5.74, 6) is 0. The van der Waals surface area contributed by atoms with Crippen molar-refractivity contribution in [1.82, 2.24) is 22.8 Å². The van der Waals surface area contributed by atoms with Gasteiger partial charge in [-0.1, -0.05) is 244 Å². The minimum Gasteiger partial charge on any atom is -0.454 e. The van der Waals surface area contributed by atoms with E-state index in [2.05, 4.69) is 395 Å². The van der Waals surface area contributed by atoms with Gasteiger partial charge in [-0.3, -0.25) is 0 Å². The van der Waals surface area contributed by atoms with E-state index in [4.69, 9.17) is 8.83 Å². The van der Waals surface area contributed by atoms with E-state index in [1.807, 2.05) is 12.1 Å². The van der Waals surface area contributed by atoms with E-state index in [9.17, 15) is 0 Å². The van der Waals surface area contributed by atoms with Crippen LogP contribution in [0, 0.1) is 0 Å². The van der Waals surface area contributed by atoms with Gasteiger partial charge in [0.15, 0.2) is 11.2 Å². The zero-order chi connectivity index (χ0) is 73.6. The van der Waals surface area contributed by atoms with Gasteiger partial charge in [-0.05, 0) is 184 Å². The van der Waals surface area contributed by atoms with Crippen LogP contribution in [0.4, 0.5) is 0 Å². The highest BCUT2D eigenvalue weighted by atomic mass is 16.3. The molecule has 1 aliphatic rings. The molecule has 0 radical (unpaired) electrons. The van der Waals surface area contributed by atoms with E-state index in [1.165, 1.54) is 137 Å². The maximum absolute atomic E-state index is 6.67. The Balaban J connectivity index is 0.000000131. The van der Waals surface area contributed by atoms with Crippen molar-refractivity contribution in [3.63, 3.8) is 0 Å². The summed E-state index contributed by atoms with van der Waals surface area (Å²) in [7, 11) is 0. The number of benzene rings is 17. The summed E-state index contributed by atoms with van der Waals surface area (Å²) in [6.45, 7) is 4.77. The van der Waals surface area contributed by atoms with E-state index >= 15 is 0 Å². The van der Waals surface area contributed by atoms with Crippen LogP contribution in [0.15, 0.2) is 379 Å². The molecule has 7 aromatic heterocycles. The van der Waals surface area contributed by atoms with Crippen molar-refractivity contribution in [1.29, 1.82) is 0 Å². The third-order valence-corrected chi connectivity index (χ3v) is 24.3. The van der Waals surface area contributed by atoms with Crippen LogP contribution in [0.1, 0.15) is 25.0 Å². The Morgan fingerprint density at radius 3 is 1.08 bits per heavy atom. The fourth-order valence-electron chi connectivity index (χ4n) is 19.5. The Hall–Kier alpha value is -14.7. The summed E-state index contributed by atoms with van der Waals surface area (Å²) >= 11 is 0. The fraction of sp³-hybridized carbons (Fsp3) is 0.0286. The third-order valence-electron chi connectivity index (χ3n) is 24.3. The zero-order valence-corrected chi connectivity index (χ0v) is 61.3. The van der Waals surface area contributed by atoms with Crippen molar-refractivity contribution in [3.8, 4) is 61.8 Å². The summed E-state index contributed by atoms with van der Waals surface area (Å²) in [4.78, 5) is 0. The van der Waals surface area contributed by atoms with Gasteiger partial charge in [-0.25, -0.2) is 0 Å². The first-order valence-corrected chi connectivity index (χ1v) is 38.6. The van der Waals surface area contributed by atoms with Crippen molar-refractivity contribution in [2.24, 2.45) is 0 Å². The summed E-state index contributed by atoms with van der Waals surface area (Å²) in [6.07, 6.45) is 0. The zero-order valence-electron chi connectivity index (χ0n) is 61.3. The maximum Gasteiger partial charge on any atom is 0.160 e. The van der Waals surface area contributed by atoms with Gasteiger partial charge in [0, 0.05) is 109 Å². The van der Waals surface area contributed by atoms with Gasteiger partial charge in [-0.2, -0.15) is 0 Å². The molecule has 0 saturated heterocycles. The summed E-state index contributed by atoms with van der Waals surface area (Å²) in [6, 6.07) is 134. The van der Waals surface area contributed by atoms with Crippen LogP contribution in [-0.2, 0) is 5.41 Å². The number of aromatic nitrogens is 5. The van der Waals surface area contributed by atoms with E-state index < -0.39 is 0 Å². The number of rotatable bonds is 7. The predicted molar refractivity (Wildman–Crippen MR) is 468 cm³/mol. The van der Waals surface area contributed by atoms with Crippen molar-refractivity contribution < 1.29 is 8.83 Å². The summed E-state index contributed by atoms with van der Waals surface area (Å²) < 4.78 is 25.4. The van der Waals surface area contributed by atoms with Gasteiger partial charge in [0.2, 0.25) is 0 Å². The monoisotopic (exact) mass is 1430 g/mol. The highest BCUT2D eigenvalue weighted by Gasteiger charge is 2.38. The van der Waals surface area contributed by atoms with Gasteiger partial charge in [-0.15, -0.1) is 0 Å². The average Bonchev–Trinajstić information content (AvgIpc) is 1.55. The first kappa shape index (κ1) is 62.4. The lowest BCUT2D eigenvalue weighted by Crippen LogP contribution is -2.15. The van der Waals surface area contributed by atoms with Crippen molar-refractivity contribution in [3.05, 3.63) is 381 Å². The number of hydrogen-bond acceptors (Lipinski definition) is 2. The topological polar surface area (TPSA) is 50.9 Å². The van der Waals surface area contributed by atoms with Crippen LogP contribution in [0.5, 0.6) is 0 Å². The minimum absolute atomic E-state index is 0.122. The second kappa shape index (κ2) is 23.7. The molecular formula is C105H67N5O2. The Bertz CT molecular complexity index is 8060. The molecule has 7 heterocycles. The van der Waals surface area contributed by atoms with Crippen LogP contribution in [0.25, 0.3) is 215 Å². The molecule has 0 N–H and O–H groups in total. The molecule has 0 saturated carbocycles. The fourth-order valence-corrected chi connectivity index (χ4v) is 19.5. The van der Waals surface area contributed by atoms with Gasteiger partial charge >= 0.3 is 0 Å². The van der Waals surface area contributed by atoms with E-state index in [0.29, 0.717) is 0 Å². The molecule has 524 valence electrons. The van der Waals surface area contributed by atoms with Gasteiger partial charge in [0.25, 0.3) is 0 Å². The molecule has 7 nitrogen and oxygen atoms in total. The lowest BCUT2D eigenvalue weighted by atomic mass is 9.80. The molecule has 0 unspecified atom stereocenters. The Labute approximate surface area is 642 Å². The largest absolute Gasteiger partial charge is 0.454 e. The van der Waals surface area contributed by atoms with Crippen LogP contribution in [-0.4, -0.2) is 22.8 Å². The second-order valence-electron chi connectivity index (χ2n) is 30.6. The molecule has 0 amide bonds. The predicted octanol–water partition coefficient (Wildman–Crippen LogP) is 28.3. The van der Waals surface area contributed by atoms with Crippen LogP contribution < -0.4 is 0 Å². The molecule has 0 fully saturated rings. The molecule has 7 heteroatoms. The quantitative estimate of drug-likeness (QED) is 0.160. The summed E-state index contributed by atoms with van der Waals surface area (Å²) in [5, 5.41) is 16.9. The van der Waals surface area contributed by atoms with Crippen LogP contribution >= 0.6 is 0 Å². The maximum atomic E-state index is 6.67. The Morgan fingerprint density at radius 1 is 0.214 bits per heavy atom. The second-order valence-corrected chi connectivity index (χ2v) is 30.6. The van der Waals surface area contributed by atoms with E-state index in [0.717, 1.165) is 88.7 Å². The van der Waals surface area contributed by atoms with Crippen molar-refractivity contribution in [2.45, 2.75) is 19.3 Å². The standard InChI is InChI=1S/C54H33N3O.C51H34N2O/c1-4-14-36(15-5-1)55-48-31-29-41-39-20-10-12-22-46(39)56(37-16-6-2-7-17-37)52(41)51(48)44-26-24-35(33-49(44)55)34-25-30-47-45(32-34)42-27-28-43-40-21-11-13-23-50(40)58-54(43)53(42)57(47)38-18-8-3-9-19-38;1-51(2)42-19-11-9-17-35(42)37-26-28-44-47(48(37)51)40-23-21-32(30-45(40)52(44)33-13-5-3-6-14-33)31-22-27-43-41(29-31)38-24-25-39-36-18-10-12-20-46(36)54-50(39)49(38)53(43)34-15-7-4-8-16-34/h1-33H;3-30H,1-2H3. The van der Waals surface area contributed by atoms with Gasteiger partial charge in [0.05, 0.1) is 55.2 Å². The molecule has 17 aromatic carbocycles. The van der Waals surface area contributed by atoms with E-state index in [1.54, 1.807) is 0 Å². The summed E-state index contributed by atoms with van der Waals surface area (Å²) in [5.41, 5.74) is 31.1. The lowest BCUT2D eigenvalue weighted by Gasteiger charge is -2.22. The molecule has 1 aliphatic carbocycles. The molecule has 0 bridgehead atoms. The molecule has 24 aromatic rings. The molecule has 0 atom stereocenters. The Morgan fingerprint density at radius 2 is 0.562 bits per heavy atom. The first-order valence-electron chi connectivity index (χ1n) is 38.6. The number of para-hydroxylation sites is 8. The first-order chi connectivity index (χ1) is 55.4. The molecule has 0 spiro atoms. The smallest absolute Gasteiger partial charge is 0.160 e. The molecule has 0 aliphatic heterocycles. The molecule has 25 rings (SSSR count). The normalized spacial score (nSPS) is 12.8. The molecular weight excluding hydrogens is 1360 g/mol. The van der Waals surface area contributed by atoms with Crippen LogP contribution in [0.2, 0.25) is 0 Å². The lowest BCUT2D eigenvalue weighted by molar-refractivity contribution is 0.666. The van der Waals surface area contributed by atoms with Crippen LogP contribution in [0.3, 0.4) is 0 Å². The SMILES string of the molecule is CC1(C)c2ccccc2-c2ccc3c(c21)c1ccc(-c2ccc4c(c2)c2ccc5c6ccccc6oc5c2n4-c2ccccc2)cc1n3-c1ccccc1.c1ccc(-n2c3cc(-c4ccc5c(c4)c4ccc6c7ccccc7oc6c4n5-c4ccccc4)ccc3c3c2ccc2c4ccccc4n(-c4ccccc4)c23)cc1. The van der Waals surface area contributed by atoms with E-state index in [-0.39, 0.29) is 5.41 Å². The van der Waals surface area contributed by atoms with Crippen molar-refractivity contribution >= 4 is 153 Å². The highest BCUT2D eigenvalue weighted by Crippen LogP contribution is 2.55. The highest BCUT2D eigenvalue weighted by molar-refractivity contribution is 6.28. The number of nitrogens with zero attached hydrogens (tertiary/aromatic N) is 5. The number of furan rings is 2. The average molecular weight is 1430 g/mol. The van der Waals surface area contributed by atoms with Crippen molar-refractivity contribution in [2.75, 3.05) is 0 Å². The number of fused-ring (bicyclic) bond motifs is 28. The Kier molecular flexibility index (Phi) is 13.2.